The quantitative estimate of drug-likeness (QED) is 0.717. The molecule has 1 aromatic rings. The van der Waals surface area contributed by atoms with Gasteiger partial charge >= 0.3 is 0 Å². The fraction of sp³-hybridized carbons (Fsp3) is 0.650. The summed E-state index contributed by atoms with van der Waals surface area (Å²) in [6, 6.07) is 4.94. The third-order valence-electron chi connectivity index (χ3n) is 6.14. The predicted octanol–water partition coefficient (Wildman–Crippen LogP) is 1.24. The number of carbonyl (C=O) groups excluding carboxylic acids is 1. The molecule has 2 saturated heterocycles. The van der Waals surface area contributed by atoms with Gasteiger partial charge in [0.1, 0.15) is 0 Å². The molecule has 1 N–H and O–H groups in total. The number of hydrogen-bond donors (Lipinski definition) is 1. The van der Waals surface area contributed by atoms with E-state index in [2.05, 4.69) is 5.32 Å². The third-order valence-corrected chi connectivity index (χ3v) is 9.30. The minimum Gasteiger partial charge on any atom is -0.352 e. The molecule has 2 aliphatic rings. The standard InChI is InChI=1S/C20H31N3O5S2/c1-15-6-7-19(13-16(15)2)30(27,28)22-11-8-17(9-12-22)20(24)21-18-5-4-10-23(14-18)29(3,25)26/h6-7,13,17-18H,4-5,8-12,14H2,1-3H3,(H,21,24). The molecular weight excluding hydrogens is 426 g/mol. The van der Waals surface area contributed by atoms with E-state index in [4.69, 9.17) is 0 Å². The normalized spacial score (nSPS) is 22.7. The summed E-state index contributed by atoms with van der Waals surface area (Å²) < 4.78 is 52.2. The summed E-state index contributed by atoms with van der Waals surface area (Å²) >= 11 is 0. The van der Waals surface area contributed by atoms with Crippen molar-refractivity contribution in [2.45, 2.75) is 50.5 Å². The zero-order chi connectivity index (χ0) is 22.1. The van der Waals surface area contributed by atoms with Gasteiger partial charge in [0.25, 0.3) is 0 Å². The number of sulfonamides is 2. The minimum atomic E-state index is -3.57. The van der Waals surface area contributed by atoms with E-state index in [0.29, 0.717) is 45.4 Å². The molecule has 1 aromatic carbocycles. The maximum absolute atomic E-state index is 12.9. The number of rotatable bonds is 5. The Morgan fingerprint density at radius 3 is 2.23 bits per heavy atom. The first-order valence-corrected chi connectivity index (χ1v) is 13.6. The van der Waals surface area contributed by atoms with Crippen LogP contribution in [0, 0.1) is 19.8 Å². The Balaban J connectivity index is 1.57. The van der Waals surface area contributed by atoms with Crippen LogP contribution in [-0.4, -0.2) is 69.8 Å². The third kappa shape index (κ3) is 5.22. The number of benzene rings is 1. The lowest BCUT2D eigenvalue weighted by Gasteiger charge is -2.34. The highest BCUT2D eigenvalue weighted by molar-refractivity contribution is 7.89. The summed E-state index contributed by atoms with van der Waals surface area (Å²) in [7, 11) is -6.84. The van der Waals surface area contributed by atoms with Crippen LogP contribution in [0.5, 0.6) is 0 Å². The van der Waals surface area contributed by atoms with Crippen molar-refractivity contribution in [3.05, 3.63) is 29.3 Å². The van der Waals surface area contributed by atoms with E-state index in [1.165, 1.54) is 14.9 Å². The van der Waals surface area contributed by atoms with E-state index in [0.717, 1.165) is 17.5 Å². The fourth-order valence-electron chi connectivity index (χ4n) is 4.06. The van der Waals surface area contributed by atoms with Gasteiger partial charge in [-0.15, -0.1) is 0 Å². The van der Waals surface area contributed by atoms with Crippen molar-refractivity contribution in [1.82, 2.24) is 13.9 Å². The Morgan fingerprint density at radius 2 is 1.63 bits per heavy atom. The first-order valence-electron chi connectivity index (χ1n) is 10.3. The lowest BCUT2D eigenvalue weighted by Crippen LogP contribution is -2.51. The summed E-state index contributed by atoms with van der Waals surface area (Å²) in [6.45, 7) is 5.21. The molecule has 2 fully saturated rings. The Bertz CT molecular complexity index is 999. The summed E-state index contributed by atoms with van der Waals surface area (Å²) in [4.78, 5) is 13.0. The number of piperidine rings is 2. The van der Waals surface area contributed by atoms with Crippen LogP contribution >= 0.6 is 0 Å². The Labute approximate surface area is 179 Å². The molecule has 0 bridgehead atoms. The molecule has 0 spiro atoms. The van der Waals surface area contributed by atoms with Crippen LogP contribution in [0.2, 0.25) is 0 Å². The number of nitrogens with zero attached hydrogens (tertiary/aromatic N) is 2. The van der Waals surface area contributed by atoms with Gasteiger partial charge < -0.3 is 5.32 Å². The van der Waals surface area contributed by atoms with Crippen LogP contribution in [0.25, 0.3) is 0 Å². The first kappa shape index (κ1) is 23.2. The summed E-state index contributed by atoms with van der Waals surface area (Å²) in [5.74, 6) is -0.372. The van der Waals surface area contributed by atoms with Gasteiger partial charge in [-0.1, -0.05) is 6.07 Å². The Hall–Kier alpha value is -1.49. The van der Waals surface area contributed by atoms with Crippen LogP contribution < -0.4 is 5.32 Å². The van der Waals surface area contributed by atoms with Crippen molar-refractivity contribution in [2.24, 2.45) is 5.92 Å². The summed E-state index contributed by atoms with van der Waals surface area (Å²) in [6.07, 6.45) is 3.56. The zero-order valence-corrected chi connectivity index (χ0v) is 19.4. The van der Waals surface area contributed by atoms with E-state index < -0.39 is 20.0 Å². The number of aryl methyl sites for hydroxylation is 2. The second kappa shape index (κ2) is 8.94. The van der Waals surface area contributed by atoms with E-state index in [1.54, 1.807) is 12.1 Å². The molecule has 1 atom stereocenters. The van der Waals surface area contributed by atoms with Crippen molar-refractivity contribution in [1.29, 1.82) is 0 Å². The largest absolute Gasteiger partial charge is 0.352 e. The van der Waals surface area contributed by atoms with Crippen LogP contribution in [-0.2, 0) is 24.8 Å². The van der Waals surface area contributed by atoms with Crippen molar-refractivity contribution in [3.8, 4) is 0 Å². The van der Waals surface area contributed by atoms with Crippen LogP contribution in [0.15, 0.2) is 23.1 Å². The Morgan fingerprint density at radius 1 is 0.967 bits per heavy atom. The van der Waals surface area contributed by atoms with Gasteiger partial charge in [-0.05, 0) is 62.8 Å². The molecule has 0 aromatic heterocycles. The van der Waals surface area contributed by atoms with E-state index in [1.807, 2.05) is 19.9 Å². The van der Waals surface area contributed by atoms with E-state index in [9.17, 15) is 21.6 Å². The summed E-state index contributed by atoms with van der Waals surface area (Å²) in [5.41, 5.74) is 1.97. The molecule has 0 aliphatic carbocycles. The van der Waals surface area contributed by atoms with Crippen molar-refractivity contribution < 1.29 is 21.6 Å². The Kier molecular flexibility index (Phi) is 6.91. The number of nitrogens with one attached hydrogen (secondary N) is 1. The molecule has 0 radical (unpaired) electrons. The molecule has 30 heavy (non-hydrogen) atoms. The monoisotopic (exact) mass is 457 g/mol. The maximum Gasteiger partial charge on any atom is 0.243 e. The molecule has 8 nitrogen and oxygen atoms in total. The number of carbonyl (C=O) groups is 1. The van der Waals surface area contributed by atoms with Gasteiger partial charge in [0, 0.05) is 38.1 Å². The highest BCUT2D eigenvalue weighted by Crippen LogP contribution is 2.25. The molecule has 0 saturated carbocycles. The van der Waals surface area contributed by atoms with E-state index in [-0.39, 0.29) is 22.8 Å². The molecule has 2 heterocycles. The number of amides is 1. The van der Waals surface area contributed by atoms with E-state index >= 15 is 0 Å². The molecule has 1 unspecified atom stereocenters. The van der Waals surface area contributed by atoms with Gasteiger partial charge in [0.05, 0.1) is 11.2 Å². The lowest BCUT2D eigenvalue weighted by molar-refractivity contribution is -0.127. The molecule has 2 aliphatic heterocycles. The number of hydrogen-bond acceptors (Lipinski definition) is 5. The minimum absolute atomic E-state index is 0.112. The predicted molar refractivity (Wildman–Crippen MR) is 115 cm³/mol. The average molecular weight is 458 g/mol. The van der Waals surface area contributed by atoms with Gasteiger partial charge in [-0.3, -0.25) is 4.79 Å². The van der Waals surface area contributed by atoms with Gasteiger partial charge in [0.15, 0.2) is 0 Å². The van der Waals surface area contributed by atoms with Crippen LogP contribution in [0.1, 0.15) is 36.8 Å². The SMILES string of the molecule is Cc1ccc(S(=O)(=O)N2CCC(C(=O)NC3CCCN(S(C)(=O)=O)C3)CC2)cc1C. The van der Waals surface area contributed by atoms with Crippen LogP contribution in [0.4, 0.5) is 0 Å². The second-order valence-corrected chi connectivity index (χ2v) is 12.3. The van der Waals surface area contributed by atoms with Crippen molar-refractivity contribution in [3.63, 3.8) is 0 Å². The van der Waals surface area contributed by atoms with Gasteiger partial charge in [-0.2, -0.15) is 4.31 Å². The smallest absolute Gasteiger partial charge is 0.243 e. The second-order valence-electron chi connectivity index (χ2n) is 8.39. The highest BCUT2D eigenvalue weighted by Gasteiger charge is 2.34. The zero-order valence-electron chi connectivity index (χ0n) is 17.8. The molecular formula is C20H31N3O5S2. The molecule has 3 rings (SSSR count). The first-order chi connectivity index (χ1) is 14.0. The van der Waals surface area contributed by atoms with Crippen LogP contribution in [0.3, 0.4) is 0 Å². The maximum atomic E-state index is 12.9. The molecule has 10 heteroatoms. The summed E-state index contributed by atoms with van der Waals surface area (Å²) in [5, 5.41) is 2.98. The highest BCUT2D eigenvalue weighted by atomic mass is 32.2. The molecule has 168 valence electrons. The van der Waals surface area contributed by atoms with Crippen molar-refractivity contribution >= 4 is 26.0 Å². The lowest BCUT2D eigenvalue weighted by atomic mass is 9.96. The topological polar surface area (TPSA) is 104 Å². The molecule has 1 amide bonds. The average Bonchev–Trinajstić information content (AvgIpc) is 2.69. The van der Waals surface area contributed by atoms with Gasteiger partial charge in [0.2, 0.25) is 26.0 Å². The van der Waals surface area contributed by atoms with Gasteiger partial charge in [-0.25, -0.2) is 21.1 Å². The fourth-order valence-corrected chi connectivity index (χ4v) is 6.53. The van der Waals surface area contributed by atoms with Crippen molar-refractivity contribution in [2.75, 3.05) is 32.4 Å².